The number of carbonyl (C=O) groups is 1. The fourth-order valence-electron chi connectivity index (χ4n) is 6.67. The Hall–Kier alpha value is -4.74. The van der Waals surface area contributed by atoms with E-state index < -0.39 is 5.97 Å². The third kappa shape index (κ3) is 9.63. The van der Waals surface area contributed by atoms with Crippen LogP contribution in [-0.2, 0) is 17.6 Å². The summed E-state index contributed by atoms with van der Waals surface area (Å²) < 4.78 is 0. The average Bonchev–Trinajstić information content (AvgIpc) is 3.97. The van der Waals surface area contributed by atoms with E-state index in [1.54, 1.807) is 6.07 Å². The van der Waals surface area contributed by atoms with Crippen molar-refractivity contribution in [1.29, 1.82) is 5.26 Å². The number of hydrogen-bond acceptors (Lipinski definition) is 6. The number of nitrogens with zero attached hydrogens (tertiary/aromatic N) is 2. The summed E-state index contributed by atoms with van der Waals surface area (Å²) in [6.45, 7) is 4.52. The third-order valence-electron chi connectivity index (χ3n) is 9.54. The highest BCUT2D eigenvalue weighted by Crippen LogP contribution is 2.40. The van der Waals surface area contributed by atoms with Crippen LogP contribution in [0.1, 0.15) is 81.2 Å². The molecule has 6 aromatic rings. The van der Waals surface area contributed by atoms with E-state index in [4.69, 9.17) is 0 Å². The van der Waals surface area contributed by atoms with Crippen LogP contribution in [0.15, 0.2) is 113 Å². The van der Waals surface area contributed by atoms with Gasteiger partial charge in [0.2, 0.25) is 0 Å². The van der Waals surface area contributed by atoms with Crippen LogP contribution in [0.3, 0.4) is 0 Å². The standard InChI is InChI=1S/C46H46N2O2S3/c1-3-5-7-9-11-34-27-29-51-44(34)36-15-21-40(22-16-36)48(41-23-17-37(18-24-41)45-35(28-30-52-45)12-10-8-6-4-2)39-19-13-33(14-20-39)43-26-25-42(53-43)31-38(32-47)46(49)50/h13-31H,3-12H2,1-2H3,(H,49,50)/b38-31-. The molecule has 4 nitrogen and oxygen atoms in total. The lowest BCUT2D eigenvalue weighted by molar-refractivity contribution is -0.132. The molecule has 270 valence electrons. The number of unbranched alkanes of at least 4 members (excludes halogenated alkanes) is 6. The molecule has 1 N–H and O–H groups in total. The largest absolute Gasteiger partial charge is 0.477 e. The Morgan fingerprint density at radius 2 is 1.11 bits per heavy atom. The molecular weight excluding hydrogens is 709 g/mol. The SMILES string of the molecule is CCCCCCc1ccsc1-c1ccc(N(c2ccc(-c3ccc(/C=C(/C#N)C(=O)O)s3)cc2)c2ccc(-c3sccc3CCCCCC)cc2)cc1. The summed E-state index contributed by atoms with van der Waals surface area (Å²) in [5.74, 6) is -1.22. The minimum Gasteiger partial charge on any atom is -0.477 e. The molecule has 7 heteroatoms. The lowest BCUT2D eigenvalue weighted by atomic mass is 10.0. The van der Waals surface area contributed by atoms with E-state index in [0.29, 0.717) is 0 Å². The summed E-state index contributed by atoms with van der Waals surface area (Å²) in [6, 6.07) is 36.7. The molecular formula is C46H46N2O2S3. The predicted octanol–water partition coefficient (Wildman–Crippen LogP) is 14.6. The zero-order valence-corrected chi connectivity index (χ0v) is 33.0. The fourth-order valence-corrected chi connectivity index (χ4v) is 9.55. The second-order valence-electron chi connectivity index (χ2n) is 13.3. The van der Waals surface area contributed by atoms with Gasteiger partial charge in [-0.3, -0.25) is 0 Å². The van der Waals surface area contributed by atoms with E-state index in [2.05, 4.69) is 114 Å². The number of hydrogen-bond donors (Lipinski definition) is 1. The van der Waals surface area contributed by atoms with Crippen molar-refractivity contribution in [3.05, 3.63) is 129 Å². The molecule has 0 radical (unpaired) electrons. The number of benzene rings is 3. The Kier molecular flexibility index (Phi) is 13.5. The minimum absolute atomic E-state index is 0.272. The van der Waals surface area contributed by atoms with Gasteiger partial charge in [0.25, 0.3) is 0 Å². The Bertz CT molecular complexity index is 2050. The predicted molar refractivity (Wildman–Crippen MR) is 228 cm³/mol. The normalized spacial score (nSPS) is 11.5. The highest BCUT2D eigenvalue weighted by Gasteiger charge is 2.16. The number of carboxylic acid groups (broad SMARTS) is 1. The van der Waals surface area contributed by atoms with Crippen LogP contribution in [-0.4, -0.2) is 11.1 Å². The molecule has 0 saturated carbocycles. The van der Waals surface area contributed by atoms with Gasteiger partial charge in [-0.15, -0.1) is 34.0 Å². The maximum absolute atomic E-state index is 11.4. The summed E-state index contributed by atoms with van der Waals surface area (Å²) in [5, 5.41) is 22.9. The molecule has 0 saturated heterocycles. The first kappa shape index (κ1) is 38.0. The van der Waals surface area contributed by atoms with Gasteiger partial charge in [0.1, 0.15) is 11.6 Å². The van der Waals surface area contributed by atoms with Crippen molar-refractivity contribution in [1.82, 2.24) is 0 Å². The quantitative estimate of drug-likeness (QED) is 0.0539. The molecule has 3 aromatic heterocycles. The number of rotatable bonds is 18. The van der Waals surface area contributed by atoms with Crippen LogP contribution in [0.4, 0.5) is 17.1 Å². The number of aliphatic carboxylic acids is 1. The first-order valence-electron chi connectivity index (χ1n) is 18.7. The summed E-state index contributed by atoms with van der Waals surface area (Å²) >= 11 is 5.13. The lowest BCUT2D eigenvalue weighted by Gasteiger charge is -2.26. The highest BCUT2D eigenvalue weighted by atomic mass is 32.1. The molecule has 0 bridgehead atoms. The highest BCUT2D eigenvalue weighted by molar-refractivity contribution is 7.16. The summed E-state index contributed by atoms with van der Waals surface area (Å²) in [5.41, 5.74) is 9.39. The van der Waals surface area contributed by atoms with E-state index in [9.17, 15) is 15.2 Å². The van der Waals surface area contributed by atoms with Gasteiger partial charge in [0, 0.05) is 36.6 Å². The van der Waals surface area contributed by atoms with E-state index in [0.717, 1.165) is 45.2 Å². The van der Waals surface area contributed by atoms with Gasteiger partial charge in [-0.05, 0) is 131 Å². The van der Waals surface area contributed by atoms with Crippen LogP contribution < -0.4 is 4.90 Å². The van der Waals surface area contributed by atoms with Gasteiger partial charge in [0.05, 0.1) is 0 Å². The molecule has 0 aliphatic heterocycles. The number of anilines is 3. The number of nitriles is 1. The van der Waals surface area contributed by atoms with Gasteiger partial charge in [-0.25, -0.2) is 4.79 Å². The fraction of sp³-hybridized carbons (Fsp3) is 0.261. The molecule has 0 atom stereocenters. The van der Waals surface area contributed by atoms with Crippen molar-refractivity contribution in [3.63, 3.8) is 0 Å². The first-order chi connectivity index (χ1) is 26.0. The topological polar surface area (TPSA) is 64.3 Å². The van der Waals surface area contributed by atoms with Gasteiger partial charge in [-0.2, -0.15) is 5.26 Å². The zero-order valence-electron chi connectivity index (χ0n) is 30.5. The third-order valence-corrected chi connectivity index (χ3v) is 12.6. The first-order valence-corrected chi connectivity index (χ1v) is 21.3. The summed E-state index contributed by atoms with van der Waals surface area (Å²) in [6.07, 6.45) is 13.8. The van der Waals surface area contributed by atoms with Gasteiger partial charge >= 0.3 is 5.97 Å². The lowest BCUT2D eigenvalue weighted by Crippen LogP contribution is -2.09. The minimum atomic E-state index is -1.22. The Morgan fingerprint density at radius 3 is 1.55 bits per heavy atom. The molecule has 0 aliphatic rings. The summed E-state index contributed by atoms with van der Waals surface area (Å²) in [4.78, 5) is 18.1. The molecule has 6 rings (SSSR count). The maximum atomic E-state index is 11.4. The number of aryl methyl sites for hydroxylation is 2. The van der Waals surface area contributed by atoms with E-state index in [1.165, 1.54) is 101 Å². The van der Waals surface area contributed by atoms with Crippen molar-refractivity contribution in [2.75, 3.05) is 4.90 Å². The van der Waals surface area contributed by atoms with Crippen LogP contribution in [0, 0.1) is 11.3 Å². The Labute approximate surface area is 326 Å². The van der Waals surface area contributed by atoms with E-state index in [-0.39, 0.29) is 5.57 Å². The molecule has 0 fully saturated rings. The molecule has 0 spiro atoms. The van der Waals surface area contributed by atoms with E-state index >= 15 is 0 Å². The van der Waals surface area contributed by atoms with Crippen molar-refractivity contribution < 1.29 is 9.90 Å². The Morgan fingerprint density at radius 1 is 0.642 bits per heavy atom. The van der Waals surface area contributed by atoms with Crippen molar-refractivity contribution in [2.45, 2.75) is 78.1 Å². The Balaban J connectivity index is 1.30. The summed E-state index contributed by atoms with van der Waals surface area (Å²) in [7, 11) is 0. The van der Waals surface area contributed by atoms with Crippen molar-refractivity contribution in [2.24, 2.45) is 0 Å². The monoisotopic (exact) mass is 754 g/mol. The smallest absolute Gasteiger partial charge is 0.346 e. The van der Waals surface area contributed by atoms with Gasteiger partial charge < -0.3 is 10.0 Å². The number of carboxylic acids is 1. The van der Waals surface area contributed by atoms with Crippen LogP contribution in [0.25, 0.3) is 37.4 Å². The van der Waals surface area contributed by atoms with Gasteiger partial charge in [0.15, 0.2) is 0 Å². The second kappa shape index (κ2) is 18.8. The molecule has 0 amide bonds. The zero-order chi connectivity index (χ0) is 37.0. The molecule has 0 unspecified atom stereocenters. The van der Waals surface area contributed by atoms with Crippen molar-refractivity contribution >= 4 is 63.1 Å². The van der Waals surface area contributed by atoms with Gasteiger partial charge in [-0.1, -0.05) is 88.8 Å². The average molecular weight is 755 g/mol. The van der Waals surface area contributed by atoms with Crippen LogP contribution in [0.5, 0.6) is 0 Å². The van der Waals surface area contributed by atoms with E-state index in [1.807, 2.05) is 34.8 Å². The number of thiophene rings is 3. The molecule has 53 heavy (non-hydrogen) atoms. The second-order valence-corrected chi connectivity index (χ2v) is 16.3. The maximum Gasteiger partial charge on any atom is 0.346 e. The van der Waals surface area contributed by atoms with Crippen LogP contribution >= 0.6 is 34.0 Å². The molecule has 3 heterocycles. The van der Waals surface area contributed by atoms with Crippen LogP contribution in [0.2, 0.25) is 0 Å². The molecule has 0 aliphatic carbocycles. The van der Waals surface area contributed by atoms with Crippen molar-refractivity contribution in [3.8, 4) is 37.4 Å². The molecule has 3 aromatic carbocycles.